The molecular weight excluding hydrogens is 1050 g/mol. The number of nitrogens with zero attached hydrogens (tertiary/aromatic N) is 10. The number of hydrogen-bond acceptors (Lipinski definition) is 9. The number of aryl methyl sites for hydroxylation is 1. The lowest BCUT2D eigenvalue weighted by molar-refractivity contribution is -0.146. The maximum Gasteiger partial charge on any atom is 0.329 e. The van der Waals surface area contributed by atoms with Gasteiger partial charge in [0.1, 0.15) is 6.04 Å². The molecule has 1 aliphatic carbocycles. The highest BCUT2D eigenvalue weighted by Gasteiger charge is 2.54. The first kappa shape index (κ1) is 54.3. The molecule has 5 saturated heterocycles. The lowest BCUT2D eigenvalue weighted by Crippen LogP contribution is -2.66. The Morgan fingerprint density at radius 3 is 1.92 bits per heavy atom. The van der Waals surface area contributed by atoms with Crippen LogP contribution in [0, 0.1) is 11.8 Å². The van der Waals surface area contributed by atoms with Crippen molar-refractivity contribution in [2.24, 2.45) is 24.0 Å². The van der Waals surface area contributed by atoms with E-state index >= 15 is 9.59 Å². The Morgan fingerprint density at radius 1 is 0.614 bits per heavy atom. The second kappa shape index (κ2) is 22.2. The number of aromatic nitrogens is 2. The van der Waals surface area contributed by atoms with Gasteiger partial charge in [0, 0.05) is 92.3 Å². The topological polar surface area (TPSA) is 196 Å². The SMILES string of the molecule is CC1CC=CC=C1N(C(=O)N1C[C@@H]2CC[C@H]([C@H]1C(=O)O)N2C(=O)c1ccc(C2C=NN(C)C2C)cc1)c1cccc(-c2ccc(C(=O)N3C[C@@H]4CC[C@H]3CN(C(=O)N(c3ccccc3)c3ccccc3)[C@@H]4C(=O)O)c(-c3cnn(C)c3)c2)c1. The van der Waals surface area contributed by atoms with Crippen LogP contribution >= 0.6 is 0 Å². The number of allylic oxidation sites excluding steroid dienone is 4. The van der Waals surface area contributed by atoms with Crippen LogP contribution < -0.4 is 9.80 Å². The summed E-state index contributed by atoms with van der Waals surface area (Å²) in [6.07, 6.45) is 13.9. The zero-order chi connectivity index (χ0) is 57.8. The number of aliphatic carboxylic acids is 2. The van der Waals surface area contributed by atoms with Crippen molar-refractivity contribution in [3.8, 4) is 22.3 Å². The largest absolute Gasteiger partial charge is 0.480 e. The first-order valence-electron chi connectivity index (χ1n) is 28.5. The molecule has 2 N–H and O–H groups in total. The molecule has 0 radical (unpaired) electrons. The zero-order valence-electron chi connectivity index (χ0n) is 46.8. The van der Waals surface area contributed by atoms with Crippen LogP contribution in [0.5, 0.6) is 0 Å². The van der Waals surface area contributed by atoms with E-state index in [1.165, 1.54) is 14.7 Å². The van der Waals surface area contributed by atoms with Gasteiger partial charge in [-0.15, -0.1) is 0 Å². The Kier molecular flexibility index (Phi) is 14.5. The van der Waals surface area contributed by atoms with E-state index in [4.69, 9.17) is 0 Å². The van der Waals surface area contributed by atoms with Crippen molar-refractivity contribution in [1.29, 1.82) is 0 Å². The Morgan fingerprint density at radius 2 is 1.27 bits per heavy atom. The van der Waals surface area contributed by atoms with E-state index in [2.05, 4.69) is 17.1 Å². The smallest absolute Gasteiger partial charge is 0.329 e. The van der Waals surface area contributed by atoms with Crippen LogP contribution in [-0.4, -0.2) is 150 Å². The first-order chi connectivity index (χ1) is 40.1. The summed E-state index contributed by atoms with van der Waals surface area (Å²) >= 11 is 0. The van der Waals surface area contributed by atoms with Crippen molar-refractivity contribution in [2.75, 3.05) is 36.5 Å². The second-order valence-corrected chi connectivity index (χ2v) is 22.8. The number of hydrazone groups is 1. The van der Waals surface area contributed by atoms with Gasteiger partial charge < -0.3 is 29.8 Å². The highest BCUT2D eigenvalue weighted by atomic mass is 16.4. The first-order valence-corrected chi connectivity index (χ1v) is 28.5. The van der Waals surface area contributed by atoms with Gasteiger partial charge in [0.2, 0.25) is 0 Å². The molecule has 5 fully saturated rings. The van der Waals surface area contributed by atoms with Crippen LogP contribution in [0.1, 0.15) is 78.1 Å². The lowest BCUT2D eigenvalue weighted by Gasteiger charge is -2.47. The fraction of sp³-hybridized carbons (Fsp3) is 0.323. The van der Waals surface area contributed by atoms with Crippen LogP contribution in [0.25, 0.3) is 22.3 Å². The van der Waals surface area contributed by atoms with Gasteiger partial charge in [0.15, 0.2) is 6.04 Å². The minimum atomic E-state index is -1.32. The van der Waals surface area contributed by atoms with Crippen LogP contribution in [0.15, 0.2) is 169 Å². The molecule has 5 aromatic carbocycles. The number of benzene rings is 5. The summed E-state index contributed by atoms with van der Waals surface area (Å²) in [4.78, 5) is 96.7. The third-order valence-electron chi connectivity index (χ3n) is 17.9. The van der Waals surface area contributed by atoms with E-state index in [-0.39, 0.29) is 49.3 Å². The summed E-state index contributed by atoms with van der Waals surface area (Å²) in [7, 11) is 3.72. The average Bonchev–Trinajstić information content (AvgIpc) is 4.03. The van der Waals surface area contributed by atoms with Crippen LogP contribution in [-0.2, 0) is 16.6 Å². The van der Waals surface area contributed by atoms with Crippen molar-refractivity contribution < 1.29 is 39.0 Å². The summed E-state index contributed by atoms with van der Waals surface area (Å²) in [5, 5.41) is 32.8. The molecule has 18 nitrogen and oxygen atoms in total. The molecule has 9 atom stereocenters. The monoisotopic (exact) mass is 1110 g/mol. The Labute approximate surface area is 481 Å². The van der Waals surface area contributed by atoms with Gasteiger partial charge in [0.25, 0.3) is 11.8 Å². The normalized spacial score (nSPS) is 24.4. The molecule has 7 aliphatic rings. The van der Waals surface area contributed by atoms with Gasteiger partial charge in [0.05, 0.1) is 41.4 Å². The molecule has 0 saturated carbocycles. The van der Waals surface area contributed by atoms with Crippen LogP contribution in [0.2, 0.25) is 0 Å². The molecule has 4 bridgehead atoms. The van der Waals surface area contributed by atoms with E-state index in [1.54, 1.807) is 50.8 Å². The highest BCUT2D eigenvalue weighted by molar-refractivity contribution is 6.04. The summed E-state index contributed by atoms with van der Waals surface area (Å²) < 4.78 is 1.66. The number of urea groups is 2. The molecule has 0 spiro atoms. The van der Waals surface area contributed by atoms with Crippen molar-refractivity contribution in [3.63, 3.8) is 0 Å². The number of para-hydroxylation sites is 2. The predicted octanol–water partition coefficient (Wildman–Crippen LogP) is 9.95. The standard InChI is InChI=1S/C65H66N10O8/c1-40-14-11-12-21-56(40)75(65(83)72-39-52-29-31-57(59(72)63(80)81)74(52)60(76)43-24-22-42(23-25-43)55-35-67-69(4)41(55)2)50-20-13-15-44(32-50)45-27-30-53(54(33-45)47-34-66-68(3)36-47)61(77)70-37-46-26-28-51(70)38-71(58(46)62(78)79)64(82)73(48-16-7-5-8-17-48)49-18-9-6-10-19-49/h5-13,15-25,27,30,32-36,40-41,46,51-52,55,57-59H,14,26,28-29,31,37-39H2,1-4H3,(H,78,79)(H,80,81)/t40?,41?,46-,51-,52-,55?,57+,58-,59-/m0/s1. The van der Waals surface area contributed by atoms with E-state index < -0.39 is 60.1 Å². The molecule has 13 rings (SSSR count). The van der Waals surface area contributed by atoms with Gasteiger partial charge in [-0.25, -0.2) is 19.2 Å². The molecule has 83 heavy (non-hydrogen) atoms. The number of rotatable bonds is 11. The Hall–Kier alpha value is -9.32. The Bertz CT molecular complexity index is 3560. The average molecular weight is 1120 g/mol. The van der Waals surface area contributed by atoms with Crippen molar-refractivity contribution in [1.82, 2.24) is 34.4 Å². The minimum absolute atomic E-state index is 0.00699. The number of carboxylic acids is 2. The molecule has 6 amide bonds. The third-order valence-corrected chi connectivity index (χ3v) is 17.9. The van der Waals surface area contributed by atoms with E-state index in [0.717, 1.165) is 16.7 Å². The number of fused-ring (bicyclic) bond motifs is 6. The molecular formula is C65H66N10O8. The maximum atomic E-state index is 15.6. The number of carbonyl (C=O) groups excluding carboxylic acids is 4. The molecule has 1 aromatic heterocycles. The number of likely N-dealkylation sites (tertiary alicyclic amines) is 1. The number of piperidine rings is 1. The predicted molar refractivity (Wildman–Crippen MR) is 315 cm³/mol. The summed E-state index contributed by atoms with van der Waals surface area (Å²) in [5.74, 6) is -3.48. The fourth-order valence-electron chi connectivity index (χ4n) is 13.5. The number of carbonyl (C=O) groups is 6. The molecule has 18 heteroatoms. The molecule has 3 unspecified atom stereocenters. The molecule has 7 heterocycles. The molecule has 6 aromatic rings. The highest BCUT2D eigenvalue weighted by Crippen LogP contribution is 2.42. The van der Waals surface area contributed by atoms with Gasteiger partial charge in [-0.3, -0.25) is 29.1 Å². The van der Waals surface area contributed by atoms with E-state index in [1.807, 2.05) is 159 Å². The van der Waals surface area contributed by atoms with Gasteiger partial charge in [-0.05, 0) is 128 Å². The fourth-order valence-corrected chi connectivity index (χ4v) is 13.5. The van der Waals surface area contributed by atoms with Gasteiger partial charge in [-0.1, -0.05) is 85.8 Å². The number of piperazine rings is 1. The van der Waals surface area contributed by atoms with Gasteiger partial charge in [-0.2, -0.15) is 10.2 Å². The maximum absolute atomic E-state index is 15.6. The van der Waals surface area contributed by atoms with Crippen molar-refractivity contribution >= 4 is 59.1 Å². The zero-order valence-corrected chi connectivity index (χ0v) is 46.8. The quantitative estimate of drug-likeness (QED) is 0.126. The number of amides is 6. The summed E-state index contributed by atoms with van der Waals surface area (Å²) in [5.41, 5.74) is 6.94. The number of hydrogen-bond donors (Lipinski definition) is 2. The summed E-state index contributed by atoms with van der Waals surface area (Å²) in [6.45, 7) is 4.29. The van der Waals surface area contributed by atoms with E-state index in [9.17, 15) is 29.4 Å². The van der Waals surface area contributed by atoms with Crippen molar-refractivity contribution in [3.05, 3.63) is 180 Å². The van der Waals surface area contributed by atoms with Crippen LogP contribution in [0.3, 0.4) is 0 Å². The number of anilines is 3. The number of likely N-dealkylation sites (N-methyl/N-ethyl adjacent to an activating group) is 1. The number of carboxylic acid groups (broad SMARTS) is 2. The van der Waals surface area contributed by atoms with Crippen molar-refractivity contribution in [2.45, 2.75) is 88.1 Å². The lowest BCUT2D eigenvalue weighted by atomic mass is 9.88. The minimum Gasteiger partial charge on any atom is -0.480 e. The Balaban J connectivity index is 0.845. The molecule has 424 valence electrons. The second-order valence-electron chi connectivity index (χ2n) is 22.8. The van der Waals surface area contributed by atoms with Gasteiger partial charge >= 0.3 is 24.0 Å². The molecule has 6 aliphatic heterocycles. The van der Waals surface area contributed by atoms with Crippen LogP contribution in [0.4, 0.5) is 26.7 Å². The van der Waals surface area contributed by atoms with E-state index in [0.29, 0.717) is 77.1 Å². The third kappa shape index (κ3) is 9.99. The summed E-state index contributed by atoms with van der Waals surface area (Å²) in [6, 6.07) is 33.8.